The van der Waals surface area contributed by atoms with Crippen molar-refractivity contribution in [2.24, 2.45) is 0 Å². The Morgan fingerprint density at radius 3 is 2.38 bits per heavy atom. The van der Waals surface area contributed by atoms with E-state index in [1.54, 1.807) is 50.3 Å². The molecule has 2 aromatic rings. The Morgan fingerprint density at radius 1 is 1.17 bits per heavy atom. The molecule has 0 atom stereocenters. The second kappa shape index (κ2) is 10.3. The monoisotopic (exact) mass is 460 g/mol. The third kappa shape index (κ3) is 5.94. The minimum Gasteiger partial charge on any atom is -0.493 e. The molecule has 2 aromatic carbocycles. The van der Waals surface area contributed by atoms with Crippen LogP contribution in [0.1, 0.15) is 51.3 Å². The highest BCUT2D eigenvalue weighted by molar-refractivity contribution is 9.09. The minimum atomic E-state index is -0.998. The summed E-state index contributed by atoms with van der Waals surface area (Å²) in [5.41, 5.74) is 2.60. The molecule has 0 aromatic heterocycles. The van der Waals surface area contributed by atoms with E-state index >= 15 is 0 Å². The number of aryl methyl sites for hydroxylation is 1. The third-order valence-corrected chi connectivity index (χ3v) is 4.53. The number of aromatic carboxylic acids is 1. The number of hydrogen-bond acceptors (Lipinski definition) is 4. The van der Waals surface area contributed by atoms with Crippen LogP contribution in [0.25, 0.3) is 6.08 Å². The first-order valence-electron chi connectivity index (χ1n) is 9.30. The van der Waals surface area contributed by atoms with Crippen LogP contribution in [0.5, 0.6) is 11.5 Å². The van der Waals surface area contributed by atoms with Crippen molar-refractivity contribution in [1.82, 2.24) is 0 Å². The number of alkyl halides is 1. The predicted molar refractivity (Wildman–Crippen MR) is 118 cm³/mol. The maximum Gasteiger partial charge on any atom is 0.336 e. The van der Waals surface area contributed by atoms with Gasteiger partial charge in [-0.2, -0.15) is 0 Å². The lowest BCUT2D eigenvalue weighted by Gasteiger charge is -2.18. The van der Waals surface area contributed by atoms with E-state index in [4.69, 9.17) is 9.47 Å². The number of ether oxygens (including phenoxy) is 2. The summed E-state index contributed by atoms with van der Waals surface area (Å²) in [5, 5.41) is 10.2. The van der Waals surface area contributed by atoms with Crippen molar-refractivity contribution in [2.75, 3.05) is 11.9 Å². The quantitative estimate of drug-likeness (QED) is 0.305. The number of ketones is 1. The van der Waals surface area contributed by atoms with Crippen molar-refractivity contribution in [3.8, 4) is 11.5 Å². The Balaban J connectivity index is 2.33. The van der Waals surface area contributed by atoms with Crippen LogP contribution in [0.15, 0.2) is 36.4 Å². The summed E-state index contributed by atoms with van der Waals surface area (Å²) < 4.78 is 11.4. The highest BCUT2D eigenvalue weighted by atomic mass is 79.9. The lowest BCUT2D eigenvalue weighted by Crippen LogP contribution is -2.12. The lowest BCUT2D eigenvalue weighted by molar-refractivity contribution is 0.0694. The van der Waals surface area contributed by atoms with Crippen LogP contribution in [0.3, 0.4) is 0 Å². The van der Waals surface area contributed by atoms with Gasteiger partial charge in [-0.05, 0) is 75.7 Å². The standard InChI is InChI=1S/C23H25BrO5/c1-14(2)29-22-16(4)21(23(26)27)15(3)13-18(22)7-10-20(25)17-5-8-19(9-6-17)28-12-11-24/h5-10,13-14H,11-12H2,1-4H3,(H,26,27)/b10-7+. The van der Waals surface area contributed by atoms with Gasteiger partial charge in [0.2, 0.25) is 0 Å². The molecule has 0 heterocycles. The van der Waals surface area contributed by atoms with Crippen LogP contribution < -0.4 is 9.47 Å². The Labute approximate surface area is 179 Å². The number of carbonyl (C=O) groups is 2. The molecule has 0 amide bonds. The number of rotatable bonds is 9. The van der Waals surface area contributed by atoms with E-state index in [9.17, 15) is 14.7 Å². The molecule has 5 nitrogen and oxygen atoms in total. The average Bonchev–Trinajstić information content (AvgIpc) is 2.66. The molecule has 0 aliphatic heterocycles. The van der Waals surface area contributed by atoms with Crippen LogP contribution >= 0.6 is 15.9 Å². The molecular formula is C23H25BrO5. The van der Waals surface area contributed by atoms with E-state index in [-0.39, 0.29) is 17.5 Å². The van der Waals surface area contributed by atoms with Crippen molar-refractivity contribution in [3.63, 3.8) is 0 Å². The molecule has 0 saturated carbocycles. The van der Waals surface area contributed by atoms with Gasteiger partial charge in [-0.25, -0.2) is 4.79 Å². The van der Waals surface area contributed by atoms with Gasteiger partial charge in [-0.3, -0.25) is 4.79 Å². The average molecular weight is 461 g/mol. The minimum absolute atomic E-state index is 0.132. The first-order valence-corrected chi connectivity index (χ1v) is 10.4. The molecule has 0 saturated heterocycles. The maximum absolute atomic E-state index is 12.6. The number of carboxylic acid groups (broad SMARTS) is 1. The molecule has 0 spiro atoms. The molecule has 1 N–H and O–H groups in total. The van der Waals surface area contributed by atoms with Crippen LogP contribution in [0.2, 0.25) is 0 Å². The number of hydrogen-bond donors (Lipinski definition) is 1. The zero-order valence-electron chi connectivity index (χ0n) is 17.0. The topological polar surface area (TPSA) is 72.8 Å². The summed E-state index contributed by atoms with van der Waals surface area (Å²) in [6, 6.07) is 8.67. The molecule has 0 radical (unpaired) electrons. The summed E-state index contributed by atoms with van der Waals surface area (Å²) in [6.07, 6.45) is 3.00. The number of halogens is 1. The predicted octanol–water partition coefficient (Wildman–Crippen LogP) is 5.46. The molecular weight excluding hydrogens is 436 g/mol. The van der Waals surface area contributed by atoms with E-state index in [2.05, 4.69) is 15.9 Å². The third-order valence-electron chi connectivity index (χ3n) is 4.21. The summed E-state index contributed by atoms with van der Waals surface area (Å²) in [5.74, 6) is 0.0197. The van der Waals surface area contributed by atoms with E-state index in [0.717, 1.165) is 5.33 Å². The van der Waals surface area contributed by atoms with Crippen molar-refractivity contribution >= 4 is 33.8 Å². The Bertz CT molecular complexity index is 914. The molecule has 0 aliphatic rings. The van der Waals surface area contributed by atoms with Crippen molar-refractivity contribution in [3.05, 3.63) is 64.2 Å². The van der Waals surface area contributed by atoms with Crippen molar-refractivity contribution in [2.45, 2.75) is 33.8 Å². The first-order chi connectivity index (χ1) is 13.7. The first kappa shape index (κ1) is 22.7. The molecule has 2 rings (SSSR count). The summed E-state index contributed by atoms with van der Waals surface area (Å²) in [4.78, 5) is 24.1. The van der Waals surface area contributed by atoms with Gasteiger partial charge >= 0.3 is 5.97 Å². The largest absolute Gasteiger partial charge is 0.493 e. The molecule has 0 aliphatic carbocycles. The van der Waals surface area contributed by atoms with Crippen LogP contribution in [-0.2, 0) is 0 Å². The SMILES string of the molecule is Cc1cc(/C=C/C(=O)c2ccc(OCCBr)cc2)c(OC(C)C)c(C)c1C(=O)O. The Kier molecular flexibility index (Phi) is 8.02. The smallest absolute Gasteiger partial charge is 0.336 e. The summed E-state index contributed by atoms with van der Waals surface area (Å²) >= 11 is 3.30. The second-order valence-electron chi connectivity index (χ2n) is 6.84. The number of carboxylic acids is 1. The Hall–Kier alpha value is -2.60. The Morgan fingerprint density at radius 2 is 1.83 bits per heavy atom. The highest BCUT2D eigenvalue weighted by Crippen LogP contribution is 2.31. The van der Waals surface area contributed by atoms with Gasteiger partial charge in [0.15, 0.2) is 5.78 Å². The van der Waals surface area contributed by atoms with E-state index < -0.39 is 5.97 Å². The molecule has 0 bridgehead atoms. The zero-order valence-corrected chi connectivity index (χ0v) is 18.6. The van der Waals surface area contributed by atoms with Crippen molar-refractivity contribution < 1.29 is 24.2 Å². The van der Waals surface area contributed by atoms with Crippen LogP contribution in [-0.4, -0.2) is 34.9 Å². The van der Waals surface area contributed by atoms with Crippen molar-refractivity contribution in [1.29, 1.82) is 0 Å². The molecule has 0 fully saturated rings. The highest BCUT2D eigenvalue weighted by Gasteiger charge is 2.19. The fourth-order valence-corrected chi connectivity index (χ4v) is 3.14. The van der Waals surface area contributed by atoms with Gasteiger partial charge in [0.05, 0.1) is 18.3 Å². The van der Waals surface area contributed by atoms with Gasteiger partial charge in [0, 0.05) is 22.0 Å². The van der Waals surface area contributed by atoms with Gasteiger partial charge in [0.1, 0.15) is 11.5 Å². The summed E-state index contributed by atoms with van der Waals surface area (Å²) in [7, 11) is 0. The zero-order chi connectivity index (χ0) is 21.6. The maximum atomic E-state index is 12.6. The molecule has 29 heavy (non-hydrogen) atoms. The number of benzene rings is 2. The lowest BCUT2D eigenvalue weighted by atomic mass is 9.97. The van der Waals surface area contributed by atoms with Gasteiger partial charge < -0.3 is 14.6 Å². The van der Waals surface area contributed by atoms with Gasteiger partial charge in [-0.1, -0.05) is 15.9 Å². The van der Waals surface area contributed by atoms with E-state index in [1.807, 2.05) is 13.8 Å². The normalized spacial score (nSPS) is 11.1. The molecule has 154 valence electrons. The van der Waals surface area contributed by atoms with Gasteiger partial charge in [-0.15, -0.1) is 0 Å². The number of carbonyl (C=O) groups excluding carboxylic acids is 1. The van der Waals surface area contributed by atoms with E-state index in [0.29, 0.717) is 40.4 Å². The fraction of sp³-hybridized carbons (Fsp3) is 0.304. The second-order valence-corrected chi connectivity index (χ2v) is 7.64. The van der Waals surface area contributed by atoms with Gasteiger partial charge in [0.25, 0.3) is 0 Å². The summed E-state index contributed by atoms with van der Waals surface area (Å²) in [6.45, 7) is 7.76. The van der Waals surface area contributed by atoms with Crippen LogP contribution in [0, 0.1) is 13.8 Å². The molecule has 0 unspecified atom stereocenters. The van der Waals surface area contributed by atoms with E-state index in [1.165, 1.54) is 6.08 Å². The fourth-order valence-electron chi connectivity index (χ4n) is 2.98. The number of allylic oxidation sites excluding steroid dienone is 1. The molecule has 6 heteroatoms. The van der Waals surface area contributed by atoms with Crippen LogP contribution in [0.4, 0.5) is 0 Å².